The molecule has 0 aromatic heterocycles. The van der Waals surface area contributed by atoms with Gasteiger partial charge in [-0.1, -0.05) is 60.3 Å². The van der Waals surface area contributed by atoms with Gasteiger partial charge >= 0.3 is 0 Å². The van der Waals surface area contributed by atoms with Gasteiger partial charge in [0.05, 0.1) is 0 Å². The first-order chi connectivity index (χ1) is 7.57. The molecular formula is C16H32. The third kappa shape index (κ3) is 3.02. The SMILES string of the molecule is CCC(CC)CC(C)C1CCCC1(C)CC. The molecule has 0 aromatic rings. The summed E-state index contributed by atoms with van der Waals surface area (Å²) in [5.74, 6) is 2.91. The molecule has 0 aromatic carbocycles. The molecule has 1 saturated carbocycles. The van der Waals surface area contributed by atoms with Gasteiger partial charge in [0.25, 0.3) is 0 Å². The third-order valence-electron chi connectivity index (χ3n) is 5.51. The molecule has 0 amide bonds. The summed E-state index contributed by atoms with van der Waals surface area (Å²) in [7, 11) is 0. The van der Waals surface area contributed by atoms with E-state index in [2.05, 4.69) is 34.6 Å². The van der Waals surface area contributed by atoms with Crippen molar-refractivity contribution < 1.29 is 0 Å². The van der Waals surface area contributed by atoms with E-state index in [1.807, 2.05) is 0 Å². The summed E-state index contributed by atoms with van der Waals surface area (Å²) < 4.78 is 0. The smallest absolute Gasteiger partial charge is 0.0298 e. The quantitative estimate of drug-likeness (QED) is 0.545. The van der Waals surface area contributed by atoms with Crippen LogP contribution in [0.15, 0.2) is 0 Å². The third-order valence-corrected chi connectivity index (χ3v) is 5.51. The van der Waals surface area contributed by atoms with Gasteiger partial charge < -0.3 is 0 Å². The summed E-state index contributed by atoms with van der Waals surface area (Å²) in [5, 5.41) is 0. The minimum Gasteiger partial charge on any atom is -0.0651 e. The lowest BCUT2D eigenvalue weighted by atomic mass is 9.69. The molecule has 16 heavy (non-hydrogen) atoms. The minimum atomic E-state index is 0.658. The van der Waals surface area contributed by atoms with Gasteiger partial charge in [-0.15, -0.1) is 0 Å². The van der Waals surface area contributed by atoms with E-state index in [9.17, 15) is 0 Å². The molecule has 96 valence electrons. The van der Waals surface area contributed by atoms with Crippen LogP contribution < -0.4 is 0 Å². The van der Waals surface area contributed by atoms with Crippen LogP contribution in [-0.2, 0) is 0 Å². The van der Waals surface area contributed by atoms with Crippen LogP contribution in [0.5, 0.6) is 0 Å². The van der Waals surface area contributed by atoms with E-state index in [1.54, 1.807) is 0 Å². The Bertz CT molecular complexity index is 192. The molecule has 0 heterocycles. The molecule has 0 heteroatoms. The van der Waals surface area contributed by atoms with Crippen LogP contribution in [0.2, 0.25) is 0 Å². The van der Waals surface area contributed by atoms with Crippen LogP contribution in [0, 0.1) is 23.2 Å². The van der Waals surface area contributed by atoms with Crippen LogP contribution >= 0.6 is 0 Å². The van der Waals surface area contributed by atoms with E-state index in [0.29, 0.717) is 5.41 Å². The van der Waals surface area contributed by atoms with Gasteiger partial charge in [-0.2, -0.15) is 0 Å². The second-order valence-electron chi connectivity index (χ2n) is 6.40. The maximum absolute atomic E-state index is 2.54. The molecule has 0 nitrogen and oxygen atoms in total. The van der Waals surface area contributed by atoms with Crippen molar-refractivity contribution in [1.29, 1.82) is 0 Å². The monoisotopic (exact) mass is 224 g/mol. The minimum absolute atomic E-state index is 0.658. The fourth-order valence-electron chi connectivity index (χ4n) is 3.98. The van der Waals surface area contributed by atoms with Gasteiger partial charge in [0.1, 0.15) is 0 Å². The van der Waals surface area contributed by atoms with Crippen LogP contribution in [0.25, 0.3) is 0 Å². The van der Waals surface area contributed by atoms with Crippen molar-refractivity contribution in [1.82, 2.24) is 0 Å². The van der Waals surface area contributed by atoms with Gasteiger partial charge in [0, 0.05) is 0 Å². The highest BCUT2D eigenvalue weighted by Crippen LogP contribution is 2.50. The Balaban J connectivity index is 2.55. The first kappa shape index (κ1) is 14.1. The van der Waals surface area contributed by atoms with Crippen LogP contribution in [0.3, 0.4) is 0 Å². The van der Waals surface area contributed by atoms with E-state index < -0.39 is 0 Å². The van der Waals surface area contributed by atoms with Crippen LogP contribution in [0.4, 0.5) is 0 Å². The lowest BCUT2D eigenvalue weighted by molar-refractivity contribution is 0.138. The molecule has 1 aliphatic carbocycles. The van der Waals surface area contributed by atoms with Gasteiger partial charge in [-0.25, -0.2) is 0 Å². The van der Waals surface area contributed by atoms with Gasteiger partial charge in [0.2, 0.25) is 0 Å². The molecular weight excluding hydrogens is 192 g/mol. The highest BCUT2D eigenvalue weighted by molar-refractivity contribution is 4.90. The second kappa shape index (κ2) is 6.07. The van der Waals surface area contributed by atoms with Crippen molar-refractivity contribution >= 4 is 0 Å². The fourth-order valence-corrected chi connectivity index (χ4v) is 3.98. The summed E-state index contributed by atoms with van der Waals surface area (Å²) in [6, 6.07) is 0. The van der Waals surface area contributed by atoms with Gasteiger partial charge in [0.15, 0.2) is 0 Å². The lowest BCUT2D eigenvalue weighted by Gasteiger charge is -2.36. The summed E-state index contributed by atoms with van der Waals surface area (Å²) in [5.41, 5.74) is 0.658. The van der Waals surface area contributed by atoms with Crippen molar-refractivity contribution in [2.75, 3.05) is 0 Å². The van der Waals surface area contributed by atoms with Crippen molar-refractivity contribution in [2.45, 2.75) is 79.6 Å². The molecule has 0 aliphatic heterocycles. The normalized spacial score (nSPS) is 32.2. The fraction of sp³-hybridized carbons (Fsp3) is 1.00. The Morgan fingerprint density at radius 1 is 1.19 bits per heavy atom. The Hall–Kier alpha value is 0. The summed E-state index contributed by atoms with van der Waals surface area (Å²) in [4.78, 5) is 0. The summed E-state index contributed by atoms with van der Waals surface area (Å²) in [6.07, 6.45) is 10.0. The molecule has 0 spiro atoms. The van der Waals surface area contributed by atoms with Crippen molar-refractivity contribution in [3.63, 3.8) is 0 Å². The average molecular weight is 224 g/mol. The second-order valence-corrected chi connectivity index (χ2v) is 6.40. The van der Waals surface area contributed by atoms with Crippen molar-refractivity contribution in [2.24, 2.45) is 23.2 Å². The van der Waals surface area contributed by atoms with E-state index in [1.165, 1.54) is 44.9 Å². The largest absolute Gasteiger partial charge is 0.0651 e. The summed E-state index contributed by atoms with van der Waals surface area (Å²) in [6.45, 7) is 12.2. The Morgan fingerprint density at radius 3 is 2.31 bits per heavy atom. The van der Waals surface area contributed by atoms with Crippen LogP contribution in [0.1, 0.15) is 79.6 Å². The van der Waals surface area contributed by atoms with E-state index in [-0.39, 0.29) is 0 Å². The number of hydrogen-bond donors (Lipinski definition) is 0. The Kier molecular flexibility index (Phi) is 5.34. The lowest BCUT2D eigenvalue weighted by Crippen LogP contribution is -2.27. The number of hydrogen-bond acceptors (Lipinski definition) is 0. The van der Waals surface area contributed by atoms with E-state index in [4.69, 9.17) is 0 Å². The predicted octanol–water partition coefficient (Wildman–Crippen LogP) is 5.67. The van der Waals surface area contributed by atoms with Gasteiger partial charge in [-0.3, -0.25) is 0 Å². The number of rotatable bonds is 6. The highest BCUT2D eigenvalue weighted by Gasteiger charge is 2.40. The first-order valence-corrected chi connectivity index (χ1v) is 7.57. The molecule has 0 saturated heterocycles. The predicted molar refractivity (Wildman–Crippen MR) is 73.6 cm³/mol. The van der Waals surface area contributed by atoms with E-state index in [0.717, 1.165) is 17.8 Å². The highest BCUT2D eigenvalue weighted by atomic mass is 14.4. The van der Waals surface area contributed by atoms with E-state index >= 15 is 0 Å². The molecule has 0 N–H and O–H groups in total. The topological polar surface area (TPSA) is 0 Å². The zero-order valence-corrected chi connectivity index (χ0v) is 12.2. The molecule has 1 rings (SSSR count). The van der Waals surface area contributed by atoms with Crippen molar-refractivity contribution in [3.8, 4) is 0 Å². The maximum Gasteiger partial charge on any atom is -0.0298 e. The molecule has 3 unspecified atom stereocenters. The molecule has 1 fully saturated rings. The zero-order chi connectivity index (χ0) is 12.2. The zero-order valence-electron chi connectivity index (χ0n) is 12.2. The molecule has 0 bridgehead atoms. The summed E-state index contributed by atoms with van der Waals surface area (Å²) >= 11 is 0. The molecule has 1 aliphatic rings. The Morgan fingerprint density at radius 2 is 1.81 bits per heavy atom. The average Bonchev–Trinajstić information content (AvgIpc) is 2.68. The van der Waals surface area contributed by atoms with Crippen LogP contribution in [-0.4, -0.2) is 0 Å². The molecule has 3 atom stereocenters. The Labute approximate surface area is 103 Å². The first-order valence-electron chi connectivity index (χ1n) is 7.57. The standard InChI is InChI=1S/C16H32/c1-6-14(7-2)12-13(4)15-10-9-11-16(15,5)8-3/h13-15H,6-12H2,1-5H3. The van der Waals surface area contributed by atoms with Crippen molar-refractivity contribution in [3.05, 3.63) is 0 Å². The molecule has 0 radical (unpaired) electrons. The van der Waals surface area contributed by atoms with Gasteiger partial charge in [-0.05, 0) is 42.4 Å². The maximum atomic E-state index is 2.54.